The number of nitrogens with one attached hydrogen (secondary N) is 1. The third kappa shape index (κ3) is 4.13. The molecule has 4 nitrogen and oxygen atoms in total. The number of phenolic OH excluding ortho intramolecular Hbond substituents is 1. The number of phenols is 1. The largest absolute Gasteiger partial charge is 0.507 e. The zero-order valence-corrected chi connectivity index (χ0v) is 14.0. The first-order valence-corrected chi connectivity index (χ1v) is 8.15. The Labute approximate surface area is 137 Å². The molecule has 23 heavy (non-hydrogen) atoms. The average Bonchev–Trinajstić information content (AvgIpc) is 2.52. The lowest BCUT2D eigenvalue weighted by molar-refractivity contribution is -0.118. The Morgan fingerprint density at radius 1 is 1.30 bits per heavy atom. The van der Waals surface area contributed by atoms with E-state index in [1.807, 2.05) is 6.07 Å². The van der Waals surface area contributed by atoms with Gasteiger partial charge in [-0.3, -0.25) is 4.79 Å². The van der Waals surface area contributed by atoms with Gasteiger partial charge in [-0.2, -0.15) is 5.26 Å². The van der Waals surface area contributed by atoms with Crippen molar-refractivity contribution in [2.45, 2.75) is 52.5 Å². The highest BCUT2D eigenvalue weighted by Crippen LogP contribution is 2.25. The molecule has 4 heteroatoms. The minimum absolute atomic E-state index is 0.104. The molecular weight excluding hydrogens is 288 g/mol. The second-order valence-corrected chi connectivity index (χ2v) is 6.51. The summed E-state index contributed by atoms with van der Waals surface area (Å²) in [5.74, 6) is 0.390. The maximum absolute atomic E-state index is 12.4. The molecule has 1 saturated carbocycles. The van der Waals surface area contributed by atoms with Crippen LogP contribution in [-0.2, 0) is 4.79 Å². The van der Waals surface area contributed by atoms with E-state index in [9.17, 15) is 15.2 Å². The van der Waals surface area contributed by atoms with E-state index < -0.39 is 0 Å². The summed E-state index contributed by atoms with van der Waals surface area (Å²) in [4.78, 5) is 12.4. The van der Waals surface area contributed by atoms with E-state index in [1.165, 1.54) is 6.42 Å². The maximum atomic E-state index is 12.4. The lowest BCUT2D eigenvalue weighted by Gasteiger charge is -2.29. The normalized spacial score (nSPS) is 21.6. The minimum atomic E-state index is -0.311. The fraction of sp³-hybridized carbons (Fsp3) is 0.474. The van der Waals surface area contributed by atoms with E-state index in [2.05, 4.69) is 12.2 Å². The quantitative estimate of drug-likeness (QED) is 0.661. The Morgan fingerprint density at radius 2 is 1.91 bits per heavy atom. The Hall–Kier alpha value is -2.28. The summed E-state index contributed by atoms with van der Waals surface area (Å²) in [6, 6.07) is 5.69. The summed E-state index contributed by atoms with van der Waals surface area (Å²) in [5, 5.41) is 22.1. The maximum Gasteiger partial charge on any atom is 0.262 e. The van der Waals surface area contributed by atoms with Crippen LogP contribution in [0.4, 0.5) is 0 Å². The van der Waals surface area contributed by atoms with Crippen LogP contribution in [0.25, 0.3) is 6.08 Å². The van der Waals surface area contributed by atoms with Crippen molar-refractivity contribution in [3.8, 4) is 11.8 Å². The molecule has 0 heterocycles. The van der Waals surface area contributed by atoms with Gasteiger partial charge < -0.3 is 10.4 Å². The molecule has 122 valence electrons. The standard InChI is InChI=1S/C19H24N2O2/c1-12-6-4-5-7-17(12)21-19(23)16(11-20)10-15-8-13(2)18(22)14(3)9-15/h8-10,12,17,22H,4-7H2,1-3H3,(H,21,23)/b16-10+/t12-,17+/m0/s1. The number of hydrogen-bond donors (Lipinski definition) is 2. The second-order valence-electron chi connectivity index (χ2n) is 6.51. The zero-order chi connectivity index (χ0) is 17.0. The molecule has 1 aromatic rings. The number of carbonyl (C=O) groups is 1. The molecule has 0 aromatic heterocycles. The lowest BCUT2D eigenvalue weighted by Crippen LogP contribution is -2.41. The minimum Gasteiger partial charge on any atom is -0.507 e. The van der Waals surface area contributed by atoms with E-state index in [0.29, 0.717) is 5.92 Å². The van der Waals surface area contributed by atoms with Crippen molar-refractivity contribution in [1.82, 2.24) is 5.32 Å². The van der Waals surface area contributed by atoms with Crippen molar-refractivity contribution in [3.05, 3.63) is 34.4 Å². The molecular formula is C19H24N2O2. The molecule has 1 amide bonds. The number of nitriles is 1. The summed E-state index contributed by atoms with van der Waals surface area (Å²) in [7, 11) is 0. The first kappa shape index (κ1) is 17.1. The molecule has 1 aliphatic rings. The molecule has 0 spiro atoms. The summed E-state index contributed by atoms with van der Waals surface area (Å²) >= 11 is 0. The van der Waals surface area contributed by atoms with Crippen LogP contribution < -0.4 is 5.32 Å². The molecule has 2 N–H and O–H groups in total. The number of aromatic hydroxyl groups is 1. The molecule has 2 rings (SSSR count). The van der Waals surface area contributed by atoms with Crippen molar-refractivity contribution < 1.29 is 9.90 Å². The highest BCUT2D eigenvalue weighted by molar-refractivity contribution is 6.01. The molecule has 0 aliphatic heterocycles. The van der Waals surface area contributed by atoms with E-state index in [0.717, 1.165) is 36.0 Å². The predicted octanol–water partition coefficient (Wildman–Crippen LogP) is 3.61. The summed E-state index contributed by atoms with van der Waals surface area (Å²) in [6.07, 6.45) is 6.01. The third-order valence-electron chi connectivity index (χ3n) is 4.62. The van der Waals surface area contributed by atoms with Crippen molar-refractivity contribution in [3.63, 3.8) is 0 Å². The van der Waals surface area contributed by atoms with Crippen molar-refractivity contribution >= 4 is 12.0 Å². The Balaban J connectivity index is 2.18. The van der Waals surface area contributed by atoms with Crippen molar-refractivity contribution in [1.29, 1.82) is 5.26 Å². The van der Waals surface area contributed by atoms with Crippen LogP contribution in [0.5, 0.6) is 5.75 Å². The van der Waals surface area contributed by atoms with Gasteiger partial charge in [0.2, 0.25) is 0 Å². The summed E-state index contributed by atoms with van der Waals surface area (Å²) in [6.45, 7) is 5.75. The highest BCUT2D eigenvalue weighted by atomic mass is 16.3. The van der Waals surface area contributed by atoms with Crippen LogP contribution in [0.1, 0.15) is 49.3 Å². The fourth-order valence-electron chi connectivity index (χ4n) is 3.16. The average molecular weight is 312 g/mol. The molecule has 0 saturated heterocycles. The Bertz CT molecular complexity index is 647. The monoisotopic (exact) mass is 312 g/mol. The van der Waals surface area contributed by atoms with E-state index in [-0.39, 0.29) is 23.3 Å². The molecule has 0 radical (unpaired) electrons. The number of aryl methyl sites for hydroxylation is 2. The second kappa shape index (κ2) is 7.32. The van der Waals surface area contributed by atoms with Crippen LogP contribution in [0, 0.1) is 31.1 Å². The predicted molar refractivity (Wildman–Crippen MR) is 90.7 cm³/mol. The van der Waals surface area contributed by atoms with Gasteiger partial charge in [0.25, 0.3) is 5.91 Å². The van der Waals surface area contributed by atoms with Crippen LogP contribution in [0.3, 0.4) is 0 Å². The van der Waals surface area contributed by atoms with Crippen LogP contribution in [-0.4, -0.2) is 17.1 Å². The number of carbonyl (C=O) groups excluding carboxylic acids is 1. The van der Waals surface area contributed by atoms with E-state index in [4.69, 9.17) is 0 Å². The zero-order valence-electron chi connectivity index (χ0n) is 14.0. The molecule has 0 bridgehead atoms. The van der Waals surface area contributed by atoms with Gasteiger partial charge in [0.1, 0.15) is 17.4 Å². The van der Waals surface area contributed by atoms with Crippen LogP contribution >= 0.6 is 0 Å². The first-order chi connectivity index (χ1) is 10.9. The van der Waals surface area contributed by atoms with Crippen molar-refractivity contribution in [2.75, 3.05) is 0 Å². The Kier molecular flexibility index (Phi) is 5.44. The van der Waals surface area contributed by atoms with Crippen LogP contribution in [0.2, 0.25) is 0 Å². The van der Waals surface area contributed by atoms with Gasteiger partial charge in [0.15, 0.2) is 0 Å². The Morgan fingerprint density at radius 3 is 2.48 bits per heavy atom. The van der Waals surface area contributed by atoms with Crippen LogP contribution in [0.15, 0.2) is 17.7 Å². The number of benzene rings is 1. The molecule has 1 aliphatic carbocycles. The first-order valence-electron chi connectivity index (χ1n) is 8.15. The van der Waals surface area contributed by atoms with Gasteiger partial charge in [-0.25, -0.2) is 0 Å². The number of nitrogens with zero attached hydrogens (tertiary/aromatic N) is 1. The highest BCUT2D eigenvalue weighted by Gasteiger charge is 2.24. The van der Waals surface area contributed by atoms with Gasteiger partial charge in [0, 0.05) is 6.04 Å². The SMILES string of the molecule is Cc1cc(/C=C(\C#N)C(=O)N[C@@H]2CCCC[C@@H]2C)cc(C)c1O. The smallest absolute Gasteiger partial charge is 0.262 e. The van der Waals surface area contributed by atoms with E-state index in [1.54, 1.807) is 32.1 Å². The lowest BCUT2D eigenvalue weighted by atomic mass is 9.86. The fourth-order valence-corrected chi connectivity index (χ4v) is 3.16. The van der Waals surface area contributed by atoms with Crippen molar-refractivity contribution in [2.24, 2.45) is 5.92 Å². The van der Waals surface area contributed by atoms with Gasteiger partial charge in [0.05, 0.1) is 0 Å². The van der Waals surface area contributed by atoms with Gasteiger partial charge >= 0.3 is 0 Å². The molecule has 1 fully saturated rings. The van der Waals surface area contributed by atoms with E-state index >= 15 is 0 Å². The third-order valence-corrected chi connectivity index (χ3v) is 4.62. The van der Waals surface area contributed by atoms with Gasteiger partial charge in [-0.1, -0.05) is 19.8 Å². The molecule has 0 unspecified atom stereocenters. The molecule has 2 atom stereocenters. The number of amides is 1. The van der Waals surface area contributed by atoms with Gasteiger partial charge in [-0.05, 0) is 67.5 Å². The van der Waals surface area contributed by atoms with Gasteiger partial charge in [-0.15, -0.1) is 0 Å². The molecule has 1 aromatic carbocycles. The topological polar surface area (TPSA) is 73.1 Å². The summed E-state index contributed by atoms with van der Waals surface area (Å²) in [5.41, 5.74) is 2.32. The number of rotatable bonds is 3. The number of hydrogen-bond acceptors (Lipinski definition) is 3. The summed E-state index contributed by atoms with van der Waals surface area (Å²) < 4.78 is 0.